The monoisotopic (exact) mass is 462 g/mol. The fraction of sp³-hybridized carbons (Fsp3) is 0.259. The van der Waals surface area contributed by atoms with Crippen LogP contribution in [0.5, 0.6) is 0 Å². The molecule has 33 heavy (non-hydrogen) atoms. The lowest BCUT2D eigenvalue weighted by atomic mass is 9.76. The molecule has 5 nitrogen and oxygen atoms in total. The van der Waals surface area contributed by atoms with Crippen LogP contribution in [-0.4, -0.2) is 30.1 Å². The van der Waals surface area contributed by atoms with E-state index < -0.39 is 17.8 Å². The number of benzene rings is 3. The molecule has 1 aliphatic heterocycles. The number of halogens is 1. The fourth-order valence-corrected chi connectivity index (χ4v) is 4.88. The van der Waals surface area contributed by atoms with E-state index in [-0.39, 0.29) is 11.5 Å². The summed E-state index contributed by atoms with van der Waals surface area (Å²) in [6.45, 7) is 1.94. The molecule has 1 aliphatic rings. The van der Waals surface area contributed by atoms with Crippen molar-refractivity contribution < 1.29 is 14.7 Å². The molecule has 2 atom stereocenters. The van der Waals surface area contributed by atoms with Crippen LogP contribution >= 0.6 is 11.6 Å². The lowest BCUT2D eigenvalue weighted by Gasteiger charge is -2.34. The highest BCUT2D eigenvalue weighted by Gasteiger charge is 2.33. The average molecular weight is 463 g/mol. The number of hydrogen-bond donors (Lipinski definition) is 2. The van der Waals surface area contributed by atoms with Crippen molar-refractivity contribution in [2.45, 2.75) is 31.1 Å². The summed E-state index contributed by atoms with van der Waals surface area (Å²) in [5.74, 6) is -2.51. The van der Waals surface area contributed by atoms with Crippen LogP contribution in [0.15, 0.2) is 72.8 Å². The van der Waals surface area contributed by atoms with Gasteiger partial charge in [0, 0.05) is 29.7 Å². The van der Waals surface area contributed by atoms with Gasteiger partial charge in [-0.05, 0) is 66.3 Å². The summed E-state index contributed by atoms with van der Waals surface area (Å²) in [5, 5.41) is 9.90. The van der Waals surface area contributed by atoms with E-state index in [1.54, 1.807) is 12.1 Å². The highest BCUT2D eigenvalue weighted by molar-refractivity contribution is 6.30. The Bertz CT molecular complexity index is 1120. The third-order valence-electron chi connectivity index (χ3n) is 6.35. The highest BCUT2D eigenvalue weighted by atomic mass is 35.5. The van der Waals surface area contributed by atoms with Crippen molar-refractivity contribution in [3.63, 3.8) is 0 Å². The Labute approximate surface area is 198 Å². The van der Waals surface area contributed by atoms with E-state index in [0.717, 1.165) is 42.7 Å². The van der Waals surface area contributed by atoms with E-state index in [9.17, 15) is 14.7 Å². The Morgan fingerprint density at radius 2 is 1.45 bits per heavy atom. The summed E-state index contributed by atoms with van der Waals surface area (Å²) >= 11 is 6.17. The number of carboxylic acid groups (broad SMARTS) is 1. The summed E-state index contributed by atoms with van der Waals surface area (Å²) in [4.78, 5) is 26.6. The van der Waals surface area contributed by atoms with Crippen LogP contribution in [-0.2, 0) is 4.79 Å². The van der Waals surface area contributed by atoms with E-state index in [0.29, 0.717) is 10.6 Å². The second-order valence-electron chi connectivity index (χ2n) is 8.44. The smallest absolute Gasteiger partial charge is 0.335 e. The van der Waals surface area contributed by atoms with Gasteiger partial charge in [-0.15, -0.1) is 0 Å². The molecule has 0 saturated carbocycles. The first-order valence-electron chi connectivity index (χ1n) is 11.2. The maximum absolute atomic E-state index is 12.9. The number of amides is 1. The van der Waals surface area contributed by atoms with E-state index in [1.807, 2.05) is 36.4 Å². The number of carbonyl (C=O) groups excluding carboxylic acids is 1. The maximum atomic E-state index is 12.9. The molecule has 0 bridgehead atoms. The van der Waals surface area contributed by atoms with Crippen LogP contribution in [0.25, 0.3) is 0 Å². The van der Waals surface area contributed by atoms with Crippen molar-refractivity contribution in [2.24, 2.45) is 5.73 Å². The van der Waals surface area contributed by atoms with Crippen LogP contribution in [0, 0.1) is 0 Å². The maximum Gasteiger partial charge on any atom is 0.335 e. The third-order valence-corrected chi connectivity index (χ3v) is 6.61. The number of hydrogen-bond acceptors (Lipinski definition) is 3. The Balaban J connectivity index is 1.87. The van der Waals surface area contributed by atoms with Gasteiger partial charge in [-0.3, -0.25) is 4.79 Å². The minimum absolute atomic E-state index is 0.165. The molecule has 6 heteroatoms. The molecule has 0 aromatic heterocycles. The SMILES string of the molecule is NC(=O)C(c1ccc(C(=O)O)cc1)C(c1ccc(Cl)cc1)c1ccccc1N1CCCCC1. The minimum atomic E-state index is -1.01. The number of para-hydroxylation sites is 1. The van der Waals surface area contributed by atoms with Gasteiger partial charge in [-0.25, -0.2) is 4.79 Å². The summed E-state index contributed by atoms with van der Waals surface area (Å²) in [5.41, 5.74) is 9.90. The summed E-state index contributed by atoms with van der Waals surface area (Å²) in [6, 6.07) is 22.1. The zero-order valence-electron chi connectivity index (χ0n) is 18.3. The molecule has 0 aliphatic carbocycles. The van der Waals surface area contributed by atoms with E-state index in [4.69, 9.17) is 17.3 Å². The molecule has 1 fully saturated rings. The van der Waals surface area contributed by atoms with Gasteiger partial charge in [0.15, 0.2) is 0 Å². The molecule has 0 radical (unpaired) electrons. The predicted octanol–water partition coefficient (Wildman–Crippen LogP) is 5.43. The van der Waals surface area contributed by atoms with Gasteiger partial charge < -0.3 is 15.7 Å². The predicted molar refractivity (Wildman–Crippen MR) is 131 cm³/mol. The molecule has 1 amide bonds. The van der Waals surface area contributed by atoms with Gasteiger partial charge in [0.25, 0.3) is 0 Å². The fourth-order valence-electron chi connectivity index (χ4n) is 4.75. The molecule has 2 unspecified atom stereocenters. The van der Waals surface area contributed by atoms with Crippen molar-refractivity contribution in [1.82, 2.24) is 0 Å². The Morgan fingerprint density at radius 3 is 2.06 bits per heavy atom. The van der Waals surface area contributed by atoms with E-state index in [2.05, 4.69) is 17.0 Å². The van der Waals surface area contributed by atoms with Crippen LogP contribution in [0.1, 0.15) is 58.1 Å². The Kier molecular flexibility index (Phi) is 6.99. The average Bonchev–Trinajstić information content (AvgIpc) is 2.84. The molecular weight excluding hydrogens is 436 g/mol. The van der Waals surface area contributed by atoms with Crippen molar-refractivity contribution in [3.05, 3.63) is 100 Å². The summed E-state index contributed by atoms with van der Waals surface area (Å²) in [6.07, 6.45) is 3.49. The zero-order chi connectivity index (χ0) is 23.4. The lowest BCUT2D eigenvalue weighted by Crippen LogP contribution is -2.32. The van der Waals surface area contributed by atoms with Gasteiger partial charge in [0.1, 0.15) is 0 Å². The number of anilines is 1. The van der Waals surface area contributed by atoms with Gasteiger partial charge in [0.05, 0.1) is 11.5 Å². The Hall–Kier alpha value is -3.31. The first kappa shape index (κ1) is 22.9. The van der Waals surface area contributed by atoms with Crippen molar-refractivity contribution in [2.75, 3.05) is 18.0 Å². The lowest BCUT2D eigenvalue weighted by molar-refractivity contribution is -0.119. The van der Waals surface area contributed by atoms with Crippen LogP contribution in [0.2, 0.25) is 5.02 Å². The molecule has 0 spiro atoms. The molecule has 3 N–H and O–H groups in total. The normalized spacial score (nSPS) is 15.6. The Morgan fingerprint density at radius 1 is 0.848 bits per heavy atom. The molecule has 3 aromatic carbocycles. The van der Waals surface area contributed by atoms with Crippen molar-refractivity contribution in [1.29, 1.82) is 0 Å². The van der Waals surface area contributed by atoms with Crippen LogP contribution in [0.4, 0.5) is 5.69 Å². The van der Waals surface area contributed by atoms with Gasteiger partial charge in [0.2, 0.25) is 5.91 Å². The number of nitrogens with two attached hydrogens (primary N) is 1. The minimum Gasteiger partial charge on any atom is -0.478 e. The second-order valence-corrected chi connectivity index (χ2v) is 8.88. The quantitative estimate of drug-likeness (QED) is 0.490. The number of carbonyl (C=O) groups is 2. The van der Waals surface area contributed by atoms with Gasteiger partial charge >= 0.3 is 5.97 Å². The number of nitrogens with zero attached hydrogens (tertiary/aromatic N) is 1. The topological polar surface area (TPSA) is 83.6 Å². The molecule has 3 aromatic rings. The first-order chi connectivity index (χ1) is 16.0. The molecule has 4 rings (SSSR count). The number of rotatable bonds is 7. The van der Waals surface area contributed by atoms with Gasteiger partial charge in [-0.2, -0.15) is 0 Å². The molecule has 1 heterocycles. The molecule has 170 valence electrons. The van der Waals surface area contributed by atoms with E-state index in [1.165, 1.54) is 18.6 Å². The van der Waals surface area contributed by atoms with Gasteiger partial charge in [-0.1, -0.05) is 54.1 Å². The summed E-state index contributed by atoms with van der Waals surface area (Å²) < 4.78 is 0. The summed E-state index contributed by atoms with van der Waals surface area (Å²) in [7, 11) is 0. The first-order valence-corrected chi connectivity index (χ1v) is 11.6. The number of primary amides is 1. The van der Waals surface area contributed by atoms with Crippen molar-refractivity contribution in [3.8, 4) is 0 Å². The van der Waals surface area contributed by atoms with Crippen LogP contribution in [0.3, 0.4) is 0 Å². The highest BCUT2D eigenvalue weighted by Crippen LogP contribution is 2.43. The van der Waals surface area contributed by atoms with Crippen LogP contribution < -0.4 is 10.6 Å². The number of carboxylic acids is 1. The number of aromatic carboxylic acids is 1. The third kappa shape index (κ3) is 5.04. The van der Waals surface area contributed by atoms with Crippen molar-refractivity contribution >= 4 is 29.2 Å². The largest absolute Gasteiger partial charge is 0.478 e. The standard InChI is InChI=1S/C27H27ClN2O3/c28-21-14-12-18(13-15-21)24(22-6-2-3-7-23(22)30-16-4-1-5-17-30)25(26(29)31)19-8-10-20(11-9-19)27(32)33/h2-3,6-15,24-25H,1,4-5,16-17H2,(H2,29,31)(H,32,33). The zero-order valence-corrected chi connectivity index (χ0v) is 19.0. The second kappa shape index (κ2) is 10.1. The van der Waals surface area contributed by atoms with E-state index >= 15 is 0 Å². The molecular formula is C27H27ClN2O3. The molecule has 1 saturated heterocycles. The number of piperidine rings is 1.